The topological polar surface area (TPSA) is 4.93 Å². The molecule has 0 fully saturated rings. The fourth-order valence-electron chi connectivity index (χ4n) is 1.96. The van der Waals surface area contributed by atoms with E-state index in [-0.39, 0.29) is 0 Å². The van der Waals surface area contributed by atoms with Crippen LogP contribution in [0.25, 0.3) is 17.0 Å². The van der Waals surface area contributed by atoms with E-state index in [1.165, 1.54) is 22.2 Å². The summed E-state index contributed by atoms with van der Waals surface area (Å²) in [5, 5.41) is 1.31. The molecule has 0 aliphatic carbocycles. The van der Waals surface area contributed by atoms with Gasteiger partial charge in [0, 0.05) is 23.6 Å². The molecule has 0 saturated carbocycles. The van der Waals surface area contributed by atoms with Gasteiger partial charge in [0.2, 0.25) is 0 Å². The van der Waals surface area contributed by atoms with Gasteiger partial charge in [0.05, 0.1) is 0 Å². The smallest absolute Gasteiger partial charge is 0.0485 e. The highest BCUT2D eigenvalue weighted by Crippen LogP contribution is 2.23. The molecule has 1 aromatic heterocycles. The minimum atomic E-state index is 1.07. The molecule has 0 bridgehead atoms. The van der Waals surface area contributed by atoms with Crippen molar-refractivity contribution in [1.29, 1.82) is 0 Å². The molecule has 1 nitrogen and oxygen atoms in total. The fourth-order valence-corrected chi connectivity index (χ4v) is 1.96. The molecule has 1 aromatic carbocycles. The monoisotopic (exact) mass is 185 g/mol. The van der Waals surface area contributed by atoms with Crippen molar-refractivity contribution in [2.75, 3.05) is 0 Å². The lowest BCUT2D eigenvalue weighted by Crippen LogP contribution is -1.92. The van der Waals surface area contributed by atoms with Crippen LogP contribution in [0.4, 0.5) is 0 Å². The first-order valence-electron chi connectivity index (χ1n) is 4.97. The Hall–Kier alpha value is -1.50. The van der Waals surface area contributed by atoms with E-state index in [0.29, 0.717) is 0 Å². The van der Waals surface area contributed by atoms with Crippen molar-refractivity contribution in [2.45, 2.75) is 13.3 Å². The molecule has 0 N–H and O–H groups in total. The van der Waals surface area contributed by atoms with Gasteiger partial charge in [0.15, 0.2) is 0 Å². The zero-order valence-electron chi connectivity index (χ0n) is 8.75. The number of hydrogen-bond acceptors (Lipinski definition) is 0. The highest BCUT2D eigenvalue weighted by molar-refractivity contribution is 5.89. The van der Waals surface area contributed by atoms with Gasteiger partial charge in [0.1, 0.15) is 0 Å². The first kappa shape index (κ1) is 9.07. The summed E-state index contributed by atoms with van der Waals surface area (Å²) in [6.45, 7) is 6.02. The molecular formula is C13H15N. The number of aromatic nitrogens is 1. The number of aryl methyl sites for hydroxylation is 2. The van der Waals surface area contributed by atoms with Gasteiger partial charge >= 0.3 is 0 Å². The van der Waals surface area contributed by atoms with Crippen LogP contribution in [0.5, 0.6) is 0 Å². The standard InChI is InChI=1S/C13H15N/c1-4-10-7-6-8-13-12(10)9-11(5-2)14(13)3/h4,6-9H,1,5H2,2-3H3. The van der Waals surface area contributed by atoms with Gasteiger partial charge in [-0.3, -0.25) is 0 Å². The summed E-state index contributed by atoms with van der Waals surface area (Å²) < 4.78 is 2.25. The Morgan fingerprint density at radius 2 is 2.21 bits per heavy atom. The highest BCUT2D eigenvalue weighted by Gasteiger charge is 2.05. The molecule has 2 rings (SSSR count). The van der Waals surface area contributed by atoms with Gasteiger partial charge < -0.3 is 4.57 Å². The molecular weight excluding hydrogens is 170 g/mol. The number of hydrogen-bond donors (Lipinski definition) is 0. The van der Waals surface area contributed by atoms with E-state index >= 15 is 0 Å². The van der Waals surface area contributed by atoms with E-state index in [4.69, 9.17) is 0 Å². The van der Waals surface area contributed by atoms with Gasteiger partial charge in [-0.05, 0) is 24.1 Å². The van der Waals surface area contributed by atoms with Crippen LogP contribution in [0, 0.1) is 0 Å². The van der Waals surface area contributed by atoms with Crippen LogP contribution in [0.15, 0.2) is 30.8 Å². The molecule has 0 spiro atoms. The predicted octanol–water partition coefficient (Wildman–Crippen LogP) is 3.38. The second-order valence-electron chi connectivity index (χ2n) is 3.53. The summed E-state index contributed by atoms with van der Waals surface area (Å²) in [5.74, 6) is 0. The van der Waals surface area contributed by atoms with Crippen LogP contribution in [0.3, 0.4) is 0 Å². The maximum Gasteiger partial charge on any atom is 0.0485 e. The molecule has 0 unspecified atom stereocenters. The van der Waals surface area contributed by atoms with E-state index in [2.05, 4.69) is 49.4 Å². The molecule has 0 saturated heterocycles. The number of nitrogens with zero attached hydrogens (tertiary/aromatic N) is 1. The fraction of sp³-hybridized carbons (Fsp3) is 0.231. The Morgan fingerprint density at radius 3 is 2.86 bits per heavy atom. The molecule has 0 aliphatic rings. The Labute approximate surface area is 84.7 Å². The summed E-state index contributed by atoms with van der Waals surface area (Å²) in [7, 11) is 2.12. The minimum absolute atomic E-state index is 1.07. The lowest BCUT2D eigenvalue weighted by molar-refractivity contribution is 0.865. The number of benzene rings is 1. The van der Waals surface area contributed by atoms with Gasteiger partial charge in [-0.2, -0.15) is 0 Å². The van der Waals surface area contributed by atoms with Crippen LogP contribution in [0.2, 0.25) is 0 Å². The average Bonchev–Trinajstić information content (AvgIpc) is 2.55. The van der Waals surface area contributed by atoms with E-state index in [9.17, 15) is 0 Å². The number of fused-ring (bicyclic) bond motifs is 1. The molecule has 72 valence electrons. The average molecular weight is 185 g/mol. The van der Waals surface area contributed by atoms with Crippen molar-refractivity contribution < 1.29 is 0 Å². The largest absolute Gasteiger partial charge is 0.348 e. The molecule has 0 atom stereocenters. The van der Waals surface area contributed by atoms with Crippen molar-refractivity contribution in [3.8, 4) is 0 Å². The zero-order chi connectivity index (χ0) is 10.1. The van der Waals surface area contributed by atoms with Gasteiger partial charge in [0.25, 0.3) is 0 Å². The molecule has 0 radical (unpaired) electrons. The third-order valence-corrected chi connectivity index (χ3v) is 2.80. The Bertz CT molecular complexity index is 477. The third-order valence-electron chi connectivity index (χ3n) is 2.80. The van der Waals surface area contributed by atoms with Gasteiger partial charge in [-0.1, -0.05) is 31.7 Å². The van der Waals surface area contributed by atoms with Crippen molar-refractivity contribution in [3.05, 3.63) is 42.1 Å². The number of rotatable bonds is 2. The van der Waals surface area contributed by atoms with Crippen molar-refractivity contribution >= 4 is 17.0 Å². The third kappa shape index (κ3) is 1.17. The molecule has 1 heteroatoms. The van der Waals surface area contributed by atoms with Gasteiger partial charge in [-0.25, -0.2) is 0 Å². The zero-order valence-corrected chi connectivity index (χ0v) is 8.75. The summed E-state index contributed by atoms with van der Waals surface area (Å²) in [5.41, 5.74) is 3.88. The molecule has 14 heavy (non-hydrogen) atoms. The normalized spacial score (nSPS) is 10.7. The molecule has 0 amide bonds. The van der Waals surface area contributed by atoms with E-state index in [1.54, 1.807) is 0 Å². The van der Waals surface area contributed by atoms with Crippen molar-refractivity contribution in [2.24, 2.45) is 7.05 Å². The van der Waals surface area contributed by atoms with Crippen LogP contribution in [-0.4, -0.2) is 4.57 Å². The van der Waals surface area contributed by atoms with Crippen LogP contribution in [-0.2, 0) is 13.5 Å². The van der Waals surface area contributed by atoms with Gasteiger partial charge in [-0.15, -0.1) is 0 Å². The quantitative estimate of drug-likeness (QED) is 0.676. The first-order chi connectivity index (χ1) is 6.77. The Morgan fingerprint density at radius 1 is 1.43 bits per heavy atom. The molecule has 1 heterocycles. The summed E-state index contributed by atoms with van der Waals surface area (Å²) in [6.07, 6.45) is 2.99. The Kier molecular flexibility index (Phi) is 2.16. The first-order valence-corrected chi connectivity index (χ1v) is 4.97. The summed E-state index contributed by atoms with van der Waals surface area (Å²) >= 11 is 0. The Balaban J connectivity index is 2.83. The SMILES string of the molecule is C=Cc1cccc2c1cc(CC)n2C. The molecule has 0 aliphatic heterocycles. The second-order valence-corrected chi connectivity index (χ2v) is 3.53. The summed E-state index contributed by atoms with van der Waals surface area (Å²) in [4.78, 5) is 0. The van der Waals surface area contributed by atoms with E-state index < -0.39 is 0 Å². The molecule has 2 aromatic rings. The lowest BCUT2D eigenvalue weighted by Gasteiger charge is -2.00. The maximum atomic E-state index is 3.84. The highest BCUT2D eigenvalue weighted by atomic mass is 14.9. The van der Waals surface area contributed by atoms with Crippen LogP contribution >= 0.6 is 0 Å². The summed E-state index contributed by atoms with van der Waals surface area (Å²) in [6, 6.07) is 8.60. The predicted molar refractivity (Wildman–Crippen MR) is 62.4 cm³/mol. The maximum absolute atomic E-state index is 3.84. The van der Waals surface area contributed by atoms with Crippen molar-refractivity contribution in [1.82, 2.24) is 4.57 Å². The van der Waals surface area contributed by atoms with Crippen LogP contribution in [0.1, 0.15) is 18.2 Å². The minimum Gasteiger partial charge on any atom is -0.348 e. The lowest BCUT2D eigenvalue weighted by atomic mass is 10.1. The second kappa shape index (κ2) is 3.33. The van der Waals surface area contributed by atoms with Crippen molar-refractivity contribution in [3.63, 3.8) is 0 Å². The van der Waals surface area contributed by atoms with Crippen LogP contribution < -0.4 is 0 Å². The van der Waals surface area contributed by atoms with E-state index in [0.717, 1.165) is 6.42 Å². The van der Waals surface area contributed by atoms with E-state index in [1.807, 2.05) is 6.08 Å².